The zero-order valence-electron chi connectivity index (χ0n) is 15.7. The van der Waals surface area contributed by atoms with Gasteiger partial charge >= 0.3 is 0 Å². The third-order valence-electron chi connectivity index (χ3n) is 5.42. The Morgan fingerprint density at radius 2 is 1.68 bits per heavy atom. The lowest BCUT2D eigenvalue weighted by atomic mass is 10.1. The predicted molar refractivity (Wildman–Crippen MR) is 102 cm³/mol. The second-order valence-electron chi connectivity index (χ2n) is 7.27. The average Bonchev–Trinajstić information content (AvgIpc) is 3.24. The molecule has 0 radical (unpaired) electrons. The van der Waals surface area contributed by atoms with Crippen molar-refractivity contribution in [2.24, 2.45) is 0 Å². The summed E-state index contributed by atoms with van der Waals surface area (Å²) in [5, 5.41) is 7.84. The number of carbonyl (C=O) groups is 2. The van der Waals surface area contributed by atoms with Crippen LogP contribution in [-0.4, -0.2) is 70.7 Å². The minimum atomic E-state index is -0.365. The third kappa shape index (κ3) is 3.91. The maximum atomic E-state index is 13.0. The molecule has 0 aliphatic carbocycles. The Morgan fingerprint density at radius 3 is 2.32 bits per heavy atom. The van der Waals surface area contributed by atoms with E-state index in [1.807, 2.05) is 10.9 Å². The van der Waals surface area contributed by atoms with Crippen LogP contribution in [0.15, 0.2) is 36.5 Å². The van der Waals surface area contributed by atoms with Crippen LogP contribution in [0.1, 0.15) is 39.7 Å². The molecule has 2 fully saturated rings. The number of nitrogens with one attached hydrogen (secondary N) is 1. The molecule has 1 unspecified atom stereocenters. The molecular formula is C20H24FN5O2. The Labute approximate surface area is 163 Å². The van der Waals surface area contributed by atoms with Crippen LogP contribution in [0.5, 0.6) is 0 Å². The van der Waals surface area contributed by atoms with Gasteiger partial charge in [-0.1, -0.05) is 0 Å². The second kappa shape index (κ2) is 8.10. The van der Waals surface area contributed by atoms with E-state index in [1.165, 1.54) is 24.3 Å². The van der Waals surface area contributed by atoms with Gasteiger partial charge in [-0.2, -0.15) is 5.10 Å². The molecule has 8 heteroatoms. The van der Waals surface area contributed by atoms with Crippen LogP contribution in [0.2, 0.25) is 0 Å². The first-order chi connectivity index (χ1) is 13.6. The Kier molecular flexibility index (Phi) is 5.38. The first kappa shape index (κ1) is 18.6. The molecule has 2 saturated heterocycles. The highest BCUT2D eigenvalue weighted by Crippen LogP contribution is 2.17. The number of nitrogens with zero attached hydrogens (tertiary/aromatic N) is 4. The van der Waals surface area contributed by atoms with Crippen molar-refractivity contribution >= 4 is 11.8 Å². The van der Waals surface area contributed by atoms with E-state index >= 15 is 0 Å². The lowest BCUT2D eigenvalue weighted by molar-refractivity contribution is 0.0531. The van der Waals surface area contributed by atoms with Crippen molar-refractivity contribution in [3.8, 4) is 0 Å². The Hall–Kier alpha value is -2.74. The van der Waals surface area contributed by atoms with Crippen molar-refractivity contribution in [1.82, 2.24) is 24.9 Å². The molecule has 3 heterocycles. The SMILES string of the molecule is O=C(c1ccc(F)cc1)N1CCN(C(=O)c2ccn(C3CCCNC3)n2)CC1. The number of hydrogen-bond donors (Lipinski definition) is 1. The Morgan fingerprint density at radius 1 is 1.00 bits per heavy atom. The van der Waals surface area contributed by atoms with Gasteiger partial charge in [0, 0.05) is 44.5 Å². The number of piperidine rings is 1. The number of benzene rings is 1. The van der Waals surface area contributed by atoms with E-state index in [2.05, 4.69) is 10.4 Å². The van der Waals surface area contributed by atoms with E-state index in [0.717, 1.165) is 25.9 Å². The molecule has 1 aromatic heterocycles. The van der Waals surface area contributed by atoms with E-state index < -0.39 is 0 Å². The molecule has 4 rings (SSSR count). The smallest absolute Gasteiger partial charge is 0.274 e. The summed E-state index contributed by atoms with van der Waals surface area (Å²) in [6, 6.07) is 7.60. The molecule has 0 spiro atoms. The lowest BCUT2D eigenvalue weighted by Gasteiger charge is -2.34. The number of hydrogen-bond acceptors (Lipinski definition) is 4. The maximum Gasteiger partial charge on any atom is 0.274 e. The standard InChI is InChI=1S/C20H24FN5O2/c21-16-5-3-15(4-6-16)19(27)24-10-12-25(13-11-24)20(28)18-7-9-26(23-18)17-2-1-8-22-14-17/h3-7,9,17,22H,1-2,8,10-14H2. The Balaban J connectivity index is 1.34. The molecular weight excluding hydrogens is 361 g/mol. The summed E-state index contributed by atoms with van der Waals surface area (Å²) in [5.74, 6) is -0.604. The van der Waals surface area contributed by atoms with E-state index in [0.29, 0.717) is 43.5 Å². The molecule has 2 amide bonds. The molecule has 148 valence electrons. The topological polar surface area (TPSA) is 70.5 Å². The van der Waals surface area contributed by atoms with Crippen LogP contribution < -0.4 is 5.32 Å². The van der Waals surface area contributed by atoms with Gasteiger partial charge in [-0.25, -0.2) is 4.39 Å². The van der Waals surface area contributed by atoms with Crippen molar-refractivity contribution in [3.63, 3.8) is 0 Å². The highest BCUT2D eigenvalue weighted by molar-refractivity contribution is 5.95. The molecule has 28 heavy (non-hydrogen) atoms. The second-order valence-corrected chi connectivity index (χ2v) is 7.27. The van der Waals surface area contributed by atoms with Gasteiger partial charge in [0.15, 0.2) is 0 Å². The minimum absolute atomic E-state index is 0.101. The molecule has 0 saturated carbocycles. The average molecular weight is 385 g/mol. The number of piperazine rings is 1. The molecule has 2 aromatic rings. The van der Waals surface area contributed by atoms with Crippen molar-refractivity contribution in [2.45, 2.75) is 18.9 Å². The molecule has 1 atom stereocenters. The summed E-state index contributed by atoms with van der Waals surface area (Å²) < 4.78 is 14.9. The minimum Gasteiger partial charge on any atom is -0.335 e. The maximum absolute atomic E-state index is 13.0. The largest absolute Gasteiger partial charge is 0.335 e. The zero-order chi connectivity index (χ0) is 19.5. The van der Waals surface area contributed by atoms with Gasteiger partial charge in [-0.05, 0) is 49.7 Å². The summed E-state index contributed by atoms with van der Waals surface area (Å²) in [7, 11) is 0. The van der Waals surface area contributed by atoms with Crippen LogP contribution >= 0.6 is 0 Å². The third-order valence-corrected chi connectivity index (χ3v) is 5.42. The molecule has 2 aliphatic rings. The lowest BCUT2D eigenvalue weighted by Crippen LogP contribution is -2.50. The van der Waals surface area contributed by atoms with E-state index in [-0.39, 0.29) is 17.6 Å². The Bertz CT molecular complexity index is 837. The molecule has 0 bridgehead atoms. The number of aromatic nitrogens is 2. The van der Waals surface area contributed by atoms with Crippen LogP contribution in [0.25, 0.3) is 0 Å². The highest BCUT2D eigenvalue weighted by atomic mass is 19.1. The fourth-order valence-corrected chi connectivity index (χ4v) is 3.76. The number of carbonyl (C=O) groups excluding carboxylic acids is 2. The van der Waals surface area contributed by atoms with Crippen LogP contribution in [0, 0.1) is 5.82 Å². The highest BCUT2D eigenvalue weighted by Gasteiger charge is 2.27. The van der Waals surface area contributed by atoms with Crippen LogP contribution in [0.3, 0.4) is 0 Å². The van der Waals surface area contributed by atoms with E-state index in [4.69, 9.17) is 0 Å². The fourth-order valence-electron chi connectivity index (χ4n) is 3.76. The van der Waals surface area contributed by atoms with Gasteiger partial charge in [-0.3, -0.25) is 14.3 Å². The fraction of sp³-hybridized carbons (Fsp3) is 0.450. The van der Waals surface area contributed by atoms with Gasteiger partial charge in [0.1, 0.15) is 11.5 Å². The normalized spacial score (nSPS) is 20.2. The van der Waals surface area contributed by atoms with Crippen LogP contribution in [-0.2, 0) is 0 Å². The van der Waals surface area contributed by atoms with Crippen molar-refractivity contribution in [3.05, 3.63) is 53.6 Å². The molecule has 7 nitrogen and oxygen atoms in total. The number of rotatable bonds is 3. The molecule has 1 aromatic carbocycles. The predicted octanol–water partition coefficient (Wildman–Crippen LogP) is 1.54. The van der Waals surface area contributed by atoms with Gasteiger partial charge in [-0.15, -0.1) is 0 Å². The van der Waals surface area contributed by atoms with Crippen molar-refractivity contribution < 1.29 is 14.0 Å². The first-order valence-corrected chi connectivity index (χ1v) is 9.72. The van der Waals surface area contributed by atoms with Gasteiger partial charge in [0.05, 0.1) is 6.04 Å². The summed E-state index contributed by atoms with van der Waals surface area (Å²) in [5.41, 5.74) is 0.907. The molecule has 1 N–H and O–H groups in total. The number of halogens is 1. The van der Waals surface area contributed by atoms with Gasteiger partial charge < -0.3 is 15.1 Å². The zero-order valence-corrected chi connectivity index (χ0v) is 15.7. The summed E-state index contributed by atoms with van der Waals surface area (Å²) in [6.45, 7) is 3.74. The van der Waals surface area contributed by atoms with Crippen LogP contribution in [0.4, 0.5) is 4.39 Å². The van der Waals surface area contributed by atoms with Crippen molar-refractivity contribution in [2.75, 3.05) is 39.3 Å². The van der Waals surface area contributed by atoms with Gasteiger partial charge in [0.2, 0.25) is 0 Å². The quantitative estimate of drug-likeness (QED) is 0.870. The first-order valence-electron chi connectivity index (χ1n) is 9.72. The molecule has 2 aliphatic heterocycles. The summed E-state index contributed by atoms with van der Waals surface area (Å²) in [4.78, 5) is 28.7. The monoisotopic (exact) mass is 385 g/mol. The number of amides is 2. The van der Waals surface area contributed by atoms with E-state index in [1.54, 1.807) is 15.9 Å². The van der Waals surface area contributed by atoms with E-state index in [9.17, 15) is 14.0 Å². The summed E-state index contributed by atoms with van der Waals surface area (Å²) in [6.07, 6.45) is 4.05. The van der Waals surface area contributed by atoms with Gasteiger partial charge in [0.25, 0.3) is 11.8 Å². The van der Waals surface area contributed by atoms with Crippen molar-refractivity contribution in [1.29, 1.82) is 0 Å². The summed E-state index contributed by atoms with van der Waals surface area (Å²) >= 11 is 0.